The smallest absolute Gasteiger partial charge is 0.329 e. The molecule has 1 amide bonds. The summed E-state index contributed by atoms with van der Waals surface area (Å²) in [6.07, 6.45) is 1.56. The van der Waals surface area contributed by atoms with Crippen molar-refractivity contribution in [2.45, 2.75) is 44.6 Å². The number of hydrogen-bond donors (Lipinski definition) is 1. The molecule has 1 fully saturated rings. The van der Waals surface area contributed by atoms with Gasteiger partial charge >= 0.3 is 5.97 Å². The lowest BCUT2D eigenvalue weighted by atomic mass is 9.95. The maximum atomic E-state index is 12.5. The van der Waals surface area contributed by atoms with Crippen molar-refractivity contribution in [2.75, 3.05) is 13.7 Å². The van der Waals surface area contributed by atoms with E-state index in [0.29, 0.717) is 19.4 Å². The minimum atomic E-state index is -1.06. The Morgan fingerprint density at radius 3 is 2.82 bits per heavy atom. The van der Waals surface area contributed by atoms with Crippen LogP contribution >= 0.6 is 0 Å². The molecule has 0 aliphatic carbocycles. The molecule has 2 unspecified atom stereocenters. The highest BCUT2D eigenvalue weighted by atomic mass is 16.5. The highest BCUT2D eigenvalue weighted by Crippen LogP contribution is 2.32. The number of ether oxygens (including phenoxy) is 1. The van der Waals surface area contributed by atoms with Gasteiger partial charge in [-0.25, -0.2) is 4.79 Å². The van der Waals surface area contributed by atoms with Crippen LogP contribution in [-0.4, -0.2) is 41.1 Å². The SMILES string of the molecule is COc1cccc(C(C)CC(=O)N2CCCC2(C)C(=O)O)c1. The molecule has 1 heterocycles. The van der Waals surface area contributed by atoms with Crippen LogP contribution in [-0.2, 0) is 9.59 Å². The van der Waals surface area contributed by atoms with Crippen LogP contribution in [0.4, 0.5) is 0 Å². The maximum absolute atomic E-state index is 12.5. The lowest BCUT2D eigenvalue weighted by Crippen LogP contribution is -2.50. The fourth-order valence-electron chi connectivity index (χ4n) is 3.02. The average Bonchev–Trinajstić information content (AvgIpc) is 2.90. The molecule has 22 heavy (non-hydrogen) atoms. The number of aliphatic carboxylic acids is 1. The van der Waals surface area contributed by atoms with Crippen LogP contribution in [0.25, 0.3) is 0 Å². The molecule has 0 saturated carbocycles. The largest absolute Gasteiger partial charge is 0.497 e. The van der Waals surface area contributed by atoms with Gasteiger partial charge in [-0.3, -0.25) is 4.79 Å². The molecule has 2 rings (SSSR count). The number of carbonyl (C=O) groups excluding carboxylic acids is 1. The molecule has 1 aliphatic rings. The number of hydrogen-bond acceptors (Lipinski definition) is 3. The summed E-state index contributed by atoms with van der Waals surface area (Å²) >= 11 is 0. The zero-order valence-corrected chi connectivity index (χ0v) is 13.3. The summed E-state index contributed by atoms with van der Waals surface area (Å²) < 4.78 is 5.20. The van der Waals surface area contributed by atoms with E-state index in [0.717, 1.165) is 17.7 Å². The molecular formula is C17H23NO4. The van der Waals surface area contributed by atoms with Crippen LogP contribution in [0.3, 0.4) is 0 Å². The molecule has 1 N–H and O–H groups in total. The van der Waals surface area contributed by atoms with E-state index in [1.165, 1.54) is 4.90 Å². The molecule has 120 valence electrons. The van der Waals surface area contributed by atoms with Crippen molar-refractivity contribution >= 4 is 11.9 Å². The number of benzene rings is 1. The molecule has 0 radical (unpaired) electrons. The summed E-state index contributed by atoms with van der Waals surface area (Å²) in [5.74, 6) is -0.250. The summed E-state index contributed by atoms with van der Waals surface area (Å²) in [5.41, 5.74) is -0.0468. The predicted octanol–water partition coefficient (Wildman–Crippen LogP) is 2.65. The number of methoxy groups -OCH3 is 1. The van der Waals surface area contributed by atoms with E-state index >= 15 is 0 Å². The van der Waals surface area contributed by atoms with Gasteiger partial charge in [-0.2, -0.15) is 0 Å². The minimum Gasteiger partial charge on any atom is -0.497 e. The first kappa shape index (κ1) is 16.3. The van der Waals surface area contributed by atoms with Gasteiger partial charge in [0.1, 0.15) is 11.3 Å². The zero-order chi connectivity index (χ0) is 16.3. The van der Waals surface area contributed by atoms with Crippen molar-refractivity contribution in [3.63, 3.8) is 0 Å². The van der Waals surface area contributed by atoms with Crippen molar-refractivity contribution in [1.29, 1.82) is 0 Å². The van der Waals surface area contributed by atoms with Crippen LogP contribution in [0.5, 0.6) is 5.75 Å². The molecule has 5 heteroatoms. The molecule has 0 bridgehead atoms. The van der Waals surface area contributed by atoms with Gasteiger partial charge in [0.25, 0.3) is 0 Å². The Balaban J connectivity index is 2.09. The Hall–Kier alpha value is -2.04. The average molecular weight is 305 g/mol. The van der Waals surface area contributed by atoms with Gasteiger partial charge in [0, 0.05) is 13.0 Å². The van der Waals surface area contributed by atoms with Gasteiger partial charge in [-0.05, 0) is 43.4 Å². The van der Waals surface area contributed by atoms with E-state index in [1.807, 2.05) is 31.2 Å². The zero-order valence-electron chi connectivity index (χ0n) is 13.3. The quantitative estimate of drug-likeness (QED) is 0.908. The number of carboxylic acid groups (broad SMARTS) is 1. The van der Waals surface area contributed by atoms with Crippen molar-refractivity contribution in [3.8, 4) is 5.75 Å². The van der Waals surface area contributed by atoms with Gasteiger partial charge in [-0.15, -0.1) is 0 Å². The Bertz CT molecular complexity index is 572. The number of likely N-dealkylation sites (tertiary alicyclic amines) is 1. The Morgan fingerprint density at radius 1 is 1.45 bits per heavy atom. The van der Waals surface area contributed by atoms with Gasteiger partial charge in [0.2, 0.25) is 5.91 Å². The van der Waals surface area contributed by atoms with Gasteiger partial charge in [0.15, 0.2) is 0 Å². The van der Waals surface area contributed by atoms with Crippen LogP contribution < -0.4 is 4.74 Å². The van der Waals surface area contributed by atoms with Crippen molar-refractivity contribution in [3.05, 3.63) is 29.8 Å². The maximum Gasteiger partial charge on any atom is 0.329 e. The third kappa shape index (κ3) is 3.08. The second kappa shape index (κ2) is 6.38. The number of amides is 1. The van der Waals surface area contributed by atoms with Crippen molar-refractivity contribution < 1.29 is 19.4 Å². The molecule has 1 aromatic rings. The predicted molar refractivity (Wildman–Crippen MR) is 83.0 cm³/mol. The minimum absolute atomic E-state index is 0.0150. The summed E-state index contributed by atoms with van der Waals surface area (Å²) in [5, 5.41) is 9.40. The fraction of sp³-hybridized carbons (Fsp3) is 0.529. The van der Waals surface area contributed by atoms with Crippen LogP contribution in [0.2, 0.25) is 0 Å². The first-order valence-electron chi connectivity index (χ1n) is 7.56. The third-order valence-corrected chi connectivity index (χ3v) is 4.55. The lowest BCUT2D eigenvalue weighted by Gasteiger charge is -2.32. The Morgan fingerprint density at radius 2 is 2.18 bits per heavy atom. The molecule has 1 aromatic carbocycles. The Labute approximate surface area is 130 Å². The van der Waals surface area contributed by atoms with Crippen LogP contribution in [0, 0.1) is 0 Å². The van der Waals surface area contributed by atoms with Gasteiger partial charge < -0.3 is 14.7 Å². The standard InChI is InChI=1S/C17H23NO4/c1-12(13-6-4-7-14(11-13)22-3)10-15(19)18-9-5-8-17(18,2)16(20)21/h4,6-7,11-12H,5,8-10H2,1-3H3,(H,20,21). The topological polar surface area (TPSA) is 66.8 Å². The summed E-state index contributed by atoms with van der Waals surface area (Å²) in [6, 6.07) is 7.63. The van der Waals surface area contributed by atoms with E-state index < -0.39 is 11.5 Å². The Kier molecular flexibility index (Phi) is 4.74. The van der Waals surface area contributed by atoms with E-state index in [2.05, 4.69) is 0 Å². The summed E-state index contributed by atoms with van der Waals surface area (Å²) in [4.78, 5) is 25.5. The molecule has 2 atom stereocenters. The second-order valence-electron chi connectivity index (χ2n) is 6.11. The molecule has 0 spiro atoms. The molecule has 1 saturated heterocycles. The van der Waals surface area contributed by atoms with Gasteiger partial charge in [0.05, 0.1) is 7.11 Å². The number of carbonyl (C=O) groups is 2. The van der Waals surface area contributed by atoms with E-state index in [1.54, 1.807) is 14.0 Å². The summed E-state index contributed by atoms with van der Waals surface area (Å²) in [6.45, 7) is 4.13. The molecule has 1 aliphatic heterocycles. The van der Waals surface area contributed by atoms with E-state index in [9.17, 15) is 14.7 Å². The fourth-order valence-corrected chi connectivity index (χ4v) is 3.02. The second-order valence-corrected chi connectivity index (χ2v) is 6.11. The normalized spacial score (nSPS) is 22.4. The van der Waals surface area contributed by atoms with E-state index in [4.69, 9.17) is 4.74 Å². The van der Waals surface area contributed by atoms with Crippen LogP contribution in [0.15, 0.2) is 24.3 Å². The molecular weight excluding hydrogens is 282 g/mol. The summed E-state index contributed by atoms with van der Waals surface area (Å²) in [7, 11) is 1.61. The van der Waals surface area contributed by atoms with Crippen molar-refractivity contribution in [2.24, 2.45) is 0 Å². The highest BCUT2D eigenvalue weighted by Gasteiger charge is 2.45. The molecule has 5 nitrogen and oxygen atoms in total. The molecule has 0 aromatic heterocycles. The van der Waals surface area contributed by atoms with Crippen LogP contribution in [0.1, 0.15) is 44.6 Å². The van der Waals surface area contributed by atoms with E-state index in [-0.39, 0.29) is 11.8 Å². The monoisotopic (exact) mass is 305 g/mol. The van der Waals surface area contributed by atoms with Crippen molar-refractivity contribution in [1.82, 2.24) is 4.90 Å². The lowest BCUT2D eigenvalue weighted by molar-refractivity contribution is -0.155. The van der Waals surface area contributed by atoms with Gasteiger partial charge in [-0.1, -0.05) is 19.1 Å². The third-order valence-electron chi connectivity index (χ3n) is 4.55. The number of rotatable bonds is 5. The first-order chi connectivity index (χ1) is 10.4. The highest BCUT2D eigenvalue weighted by molar-refractivity contribution is 5.87. The number of carboxylic acids is 1. The number of nitrogens with zero attached hydrogens (tertiary/aromatic N) is 1. The first-order valence-corrected chi connectivity index (χ1v) is 7.56.